The highest BCUT2D eigenvalue weighted by molar-refractivity contribution is 7.94. The van der Waals surface area contributed by atoms with Crippen molar-refractivity contribution >= 4 is 27.3 Å². The van der Waals surface area contributed by atoms with Crippen LogP contribution in [-0.4, -0.2) is 27.9 Å². The molecule has 1 N–H and O–H groups in total. The highest BCUT2D eigenvalue weighted by atomic mass is 32.2. The van der Waals surface area contributed by atoms with E-state index in [-0.39, 0.29) is 15.6 Å². The molecule has 7 nitrogen and oxygen atoms in total. The molecule has 0 aliphatic heterocycles. The lowest BCUT2D eigenvalue weighted by atomic mass is 9.95. The van der Waals surface area contributed by atoms with Gasteiger partial charge in [-0.1, -0.05) is 46.8 Å². The average molecular weight is 528 g/mol. The first-order valence-corrected chi connectivity index (χ1v) is 14.0. The number of halogens is 1. The van der Waals surface area contributed by atoms with E-state index in [2.05, 4.69) is 54.3 Å². The lowest BCUT2D eigenvalue weighted by molar-refractivity contribution is 0.505. The fourth-order valence-corrected chi connectivity index (χ4v) is 6.86. The molecule has 36 heavy (non-hydrogen) atoms. The largest absolute Gasteiger partial charge is 0.330 e. The minimum atomic E-state index is -3.98. The number of hydrogen-bond donors (Lipinski definition) is 1. The summed E-state index contributed by atoms with van der Waals surface area (Å²) in [5.41, 5.74) is 1.28. The molecule has 4 aromatic rings. The summed E-state index contributed by atoms with van der Waals surface area (Å²) >= 11 is 1.19. The second-order valence-electron chi connectivity index (χ2n) is 10.1. The molecule has 0 aliphatic rings. The standard InChI is InChI=1S/C26H30FN5O2S2/c1-17(2)13-20-15-21(23(35-20)36(33,34)31-25-29-9-6-10-30-25)18-7-8-19(22(27)14-18)16-32-12-11-28-24(32)26(3,4)5/h6-12,14-15,17H,13,16H2,1-5H3,(H,29,30,31). The summed E-state index contributed by atoms with van der Waals surface area (Å²) in [5, 5.41) is 0. The molecule has 0 saturated heterocycles. The minimum Gasteiger partial charge on any atom is -0.330 e. The number of hydrogen-bond acceptors (Lipinski definition) is 6. The zero-order valence-electron chi connectivity index (χ0n) is 21.0. The Kier molecular flexibility index (Phi) is 7.28. The Labute approximate surface area is 215 Å². The van der Waals surface area contributed by atoms with E-state index in [9.17, 15) is 8.42 Å². The number of sulfonamides is 1. The van der Waals surface area contributed by atoms with Gasteiger partial charge in [-0.05, 0) is 36.1 Å². The Morgan fingerprint density at radius 2 is 1.81 bits per heavy atom. The molecule has 4 rings (SSSR count). The first-order chi connectivity index (χ1) is 16.9. The normalized spacial score (nSPS) is 12.3. The monoisotopic (exact) mass is 527 g/mol. The summed E-state index contributed by atoms with van der Waals surface area (Å²) in [7, 11) is -3.98. The van der Waals surface area contributed by atoms with E-state index >= 15 is 4.39 Å². The number of rotatable bonds is 8. The molecule has 190 valence electrons. The number of imidazole rings is 1. The molecule has 3 heterocycles. The molecule has 10 heteroatoms. The molecule has 0 radical (unpaired) electrons. The highest BCUT2D eigenvalue weighted by Gasteiger charge is 2.26. The maximum atomic E-state index is 15.3. The molecule has 1 aromatic carbocycles. The number of nitrogens with zero attached hydrogens (tertiary/aromatic N) is 4. The van der Waals surface area contributed by atoms with Gasteiger partial charge in [0.2, 0.25) is 5.95 Å². The number of anilines is 1. The van der Waals surface area contributed by atoms with Gasteiger partial charge in [-0.25, -0.2) is 32.5 Å². The predicted octanol–water partition coefficient (Wildman–Crippen LogP) is 5.89. The van der Waals surface area contributed by atoms with Crippen LogP contribution in [0.15, 0.2) is 59.3 Å². The second kappa shape index (κ2) is 10.1. The summed E-state index contributed by atoms with van der Waals surface area (Å²) < 4.78 is 46.4. The van der Waals surface area contributed by atoms with Gasteiger partial charge >= 0.3 is 0 Å². The molecule has 0 fully saturated rings. The fraction of sp³-hybridized carbons (Fsp3) is 0.346. The summed E-state index contributed by atoms with van der Waals surface area (Å²) in [5.74, 6) is 0.785. The van der Waals surface area contributed by atoms with E-state index in [1.165, 1.54) is 29.8 Å². The van der Waals surface area contributed by atoms with Crippen molar-refractivity contribution in [3.05, 3.63) is 77.2 Å². The Bertz CT molecular complexity index is 1460. The molecule has 0 spiro atoms. The van der Waals surface area contributed by atoms with Crippen molar-refractivity contribution in [1.29, 1.82) is 0 Å². The first-order valence-electron chi connectivity index (χ1n) is 11.7. The van der Waals surface area contributed by atoms with Crippen molar-refractivity contribution in [3.8, 4) is 11.1 Å². The molecule has 0 bridgehead atoms. The maximum absolute atomic E-state index is 15.3. The van der Waals surface area contributed by atoms with E-state index in [0.717, 1.165) is 10.7 Å². The van der Waals surface area contributed by atoms with Crippen molar-refractivity contribution in [2.45, 2.75) is 57.2 Å². The van der Waals surface area contributed by atoms with Gasteiger partial charge in [0, 0.05) is 46.2 Å². The van der Waals surface area contributed by atoms with Gasteiger partial charge in [-0.3, -0.25) is 0 Å². The molecule has 0 unspecified atom stereocenters. The molecule has 3 aromatic heterocycles. The third-order valence-corrected chi connectivity index (χ3v) is 8.50. The highest BCUT2D eigenvalue weighted by Crippen LogP contribution is 2.37. The van der Waals surface area contributed by atoms with Crippen LogP contribution in [0.4, 0.5) is 10.3 Å². The first kappa shape index (κ1) is 26.0. The van der Waals surface area contributed by atoms with Crippen LogP contribution in [0, 0.1) is 11.7 Å². The maximum Gasteiger partial charge on any atom is 0.274 e. The topological polar surface area (TPSA) is 89.8 Å². The number of nitrogens with one attached hydrogen (secondary N) is 1. The SMILES string of the molecule is CC(C)Cc1cc(-c2ccc(Cn3ccnc3C(C)(C)C)c(F)c2)c(S(=O)(=O)Nc2ncccn2)s1. The van der Waals surface area contributed by atoms with Crippen LogP contribution in [0.2, 0.25) is 0 Å². The summed E-state index contributed by atoms with van der Waals surface area (Å²) in [6, 6.07) is 8.33. The lowest BCUT2D eigenvalue weighted by Gasteiger charge is -2.20. The molecular formula is C26H30FN5O2S2. The Morgan fingerprint density at radius 3 is 2.44 bits per heavy atom. The Balaban J connectivity index is 1.71. The van der Waals surface area contributed by atoms with Crippen LogP contribution < -0.4 is 4.72 Å². The van der Waals surface area contributed by atoms with Crippen molar-refractivity contribution in [2.75, 3.05) is 4.72 Å². The zero-order valence-corrected chi connectivity index (χ0v) is 22.6. The minimum absolute atomic E-state index is 0.0150. The molecule has 0 atom stereocenters. The van der Waals surface area contributed by atoms with E-state index < -0.39 is 15.8 Å². The molecule has 0 saturated carbocycles. The molecular weight excluding hydrogens is 497 g/mol. The van der Waals surface area contributed by atoms with Gasteiger partial charge in [0.05, 0.1) is 6.54 Å². The van der Waals surface area contributed by atoms with Crippen molar-refractivity contribution in [3.63, 3.8) is 0 Å². The quantitative estimate of drug-likeness (QED) is 0.309. The molecule has 0 amide bonds. The number of aromatic nitrogens is 4. The number of thiophene rings is 1. The average Bonchev–Trinajstić information content (AvgIpc) is 3.43. The lowest BCUT2D eigenvalue weighted by Crippen LogP contribution is -2.19. The van der Waals surface area contributed by atoms with E-state index in [1.807, 2.05) is 16.8 Å². The van der Waals surface area contributed by atoms with Crippen LogP contribution in [0.1, 0.15) is 50.9 Å². The van der Waals surface area contributed by atoms with E-state index in [1.54, 1.807) is 24.4 Å². The van der Waals surface area contributed by atoms with Gasteiger partial charge in [0.25, 0.3) is 10.0 Å². The van der Waals surface area contributed by atoms with Crippen LogP contribution in [0.25, 0.3) is 11.1 Å². The fourth-order valence-electron chi connectivity index (χ4n) is 3.95. The zero-order chi connectivity index (χ0) is 26.1. The third-order valence-electron chi connectivity index (χ3n) is 5.49. The van der Waals surface area contributed by atoms with Gasteiger partial charge in [-0.2, -0.15) is 0 Å². The van der Waals surface area contributed by atoms with E-state index in [0.29, 0.717) is 35.6 Å². The van der Waals surface area contributed by atoms with Crippen molar-refractivity contribution in [1.82, 2.24) is 19.5 Å². The molecule has 0 aliphatic carbocycles. The number of benzene rings is 1. The van der Waals surface area contributed by atoms with Crippen LogP contribution in [0.5, 0.6) is 0 Å². The Hall–Kier alpha value is -3.11. The van der Waals surface area contributed by atoms with Crippen LogP contribution in [0.3, 0.4) is 0 Å². The van der Waals surface area contributed by atoms with Gasteiger partial charge in [0.15, 0.2) is 0 Å². The van der Waals surface area contributed by atoms with E-state index in [4.69, 9.17) is 0 Å². The van der Waals surface area contributed by atoms with Gasteiger partial charge in [-0.15, -0.1) is 11.3 Å². The predicted molar refractivity (Wildman–Crippen MR) is 141 cm³/mol. The summed E-state index contributed by atoms with van der Waals surface area (Å²) in [4.78, 5) is 13.3. The van der Waals surface area contributed by atoms with Crippen molar-refractivity contribution < 1.29 is 12.8 Å². The smallest absolute Gasteiger partial charge is 0.274 e. The van der Waals surface area contributed by atoms with Crippen molar-refractivity contribution in [2.24, 2.45) is 5.92 Å². The summed E-state index contributed by atoms with van der Waals surface area (Å²) in [6.07, 6.45) is 7.20. The van der Waals surface area contributed by atoms with Gasteiger partial charge in [0.1, 0.15) is 15.9 Å². The van der Waals surface area contributed by atoms with Crippen LogP contribution in [-0.2, 0) is 28.4 Å². The second-order valence-corrected chi connectivity index (χ2v) is 13.1. The summed E-state index contributed by atoms with van der Waals surface area (Å²) in [6.45, 7) is 10.7. The van der Waals surface area contributed by atoms with Gasteiger partial charge < -0.3 is 4.57 Å². The Morgan fingerprint density at radius 1 is 1.08 bits per heavy atom. The third kappa shape index (κ3) is 5.82. The van der Waals surface area contributed by atoms with Crippen LogP contribution >= 0.6 is 11.3 Å².